The number of nitrogens with zero attached hydrogens (tertiary/aromatic N) is 1. The Bertz CT molecular complexity index is 932. The maximum atomic E-state index is 5.51. The van der Waals surface area contributed by atoms with E-state index in [2.05, 4.69) is 33.3 Å². The van der Waals surface area contributed by atoms with Crippen molar-refractivity contribution in [1.82, 2.24) is 15.6 Å². The van der Waals surface area contributed by atoms with E-state index >= 15 is 0 Å². The van der Waals surface area contributed by atoms with Crippen LogP contribution in [0.25, 0.3) is 10.9 Å². The number of methoxy groups -OCH3 is 1. The monoisotopic (exact) mass is 508 g/mol. The lowest BCUT2D eigenvalue weighted by atomic mass is 10.1. The molecular formula is C22H29IN4O2. The molecule has 2 aromatic heterocycles. The molecule has 0 saturated carbocycles. The van der Waals surface area contributed by atoms with Gasteiger partial charge < -0.3 is 24.8 Å². The van der Waals surface area contributed by atoms with Crippen LogP contribution in [-0.4, -0.2) is 37.7 Å². The van der Waals surface area contributed by atoms with E-state index in [1.807, 2.05) is 37.4 Å². The second-order valence-corrected chi connectivity index (χ2v) is 6.75. The standard InChI is InChI=1S/C22H28N4O2.HI/c1-16(2)14-26-22(24-12-10-18-6-5-13-28-18)23-11-9-17-15-25-19-7-4-8-20(27-3)21(17)19;/h4-8,13,15,25H,1,9-12,14H2,2-3H3,(H2,23,24,26);1H. The van der Waals surface area contributed by atoms with E-state index in [0.29, 0.717) is 6.54 Å². The van der Waals surface area contributed by atoms with Crippen LogP contribution in [0.1, 0.15) is 18.2 Å². The molecule has 3 N–H and O–H groups in total. The van der Waals surface area contributed by atoms with Crippen molar-refractivity contribution in [2.45, 2.75) is 19.8 Å². The molecule has 3 rings (SSSR count). The molecule has 0 unspecified atom stereocenters. The van der Waals surface area contributed by atoms with Crippen molar-refractivity contribution in [2.24, 2.45) is 4.99 Å². The summed E-state index contributed by atoms with van der Waals surface area (Å²) in [5, 5.41) is 7.90. The van der Waals surface area contributed by atoms with E-state index in [-0.39, 0.29) is 24.0 Å². The zero-order chi connectivity index (χ0) is 19.8. The zero-order valence-corrected chi connectivity index (χ0v) is 19.3. The van der Waals surface area contributed by atoms with E-state index in [9.17, 15) is 0 Å². The molecule has 0 atom stereocenters. The number of fused-ring (bicyclic) bond motifs is 1. The molecule has 0 bridgehead atoms. The van der Waals surface area contributed by atoms with Gasteiger partial charge >= 0.3 is 0 Å². The third-order valence-corrected chi connectivity index (χ3v) is 4.41. The van der Waals surface area contributed by atoms with Crippen LogP contribution in [-0.2, 0) is 12.8 Å². The number of aromatic nitrogens is 1. The second kappa shape index (κ2) is 11.5. The topological polar surface area (TPSA) is 74.6 Å². The number of ether oxygens (including phenoxy) is 1. The van der Waals surface area contributed by atoms with Gasteiger partial charge in [-0.2, -0.15) is 0 Å². The lowest BCUT2D eigenvalue weighted by Gasteiger charge is -2.12. The molecule has 7 heteroatoms. The number of H-pyrrole nitrogens is 1. The van der Waals surface area contributed by atoms with Gasteiger partial charge in [-0.1, -0.05) is 18.2 Å². The average Bonchev–Trinajstić information content (AvgIpc) is 3.35. The van der Waals surface area contributed by atoms with Crippen molar-refractivity contribution >= 4 is 40.8 Å². The second-order valence-electron chi connectivity index (χ2n) is 6.75. The SMILES string of the molecule is C=C(C)CN=C(NCCc1ccco1)NCCc1c[nH]c2cccc(OC)c12.I. The fourth-order valence-corrected chi connectivity index (χ4v) is 3.05. The Morgan fingerprint density at radius 3 is 2.66 bits per heavy atom. The number of guanidine groups is 1. The molecule has 0 aliphatic rings. The van der Waals surface area contributed by atoms with Gasteiger partial charge in [-0.05, 0) is 43.2 Å². The molecule has 156 valence electrons. The summed E-state index contributed by atoms with van der Waals surface area (Å²) < 4.78 is 10.9. The van der Waals surface area contributed by atoms with Gasteiger partial charge in [-0.25, -0.2) is 4.99 Å². The molecule has 0 saturated heterocycles. The van der Waals surface area contributed by atoms with Crippen molar-refractivity contribution in [3.8, 4) is 5.75 Å². The molecule has 0 aliphatic heterocycles. The molecule has 6 nitrogen and oxygen atoms in total. The largest absolute Gasteiger partial charge is 0.496 e. The van der Waals surface area contributed by atoms with Gasteiger partial charge in [0.1, 0.15) is 11.5 Å². The van der Waals surface area contributed by atoms with Gasteiger partial charge in [0.25, 0.3) is 0 Å². The zero-order valence-electron chi connectivity index (χ0n) is 17.0. The number of furan rings is 1. The fourth-order valence-electron chi connectivity index (χ4n) is 3.05. The minimum Gasteiger partial charge on any atom is -0.496 e. The number of hydrogen-bond acceptors (Lipinski definition) is 3. The van der Waals surface area contributed by atoms with Crippen LogP contribution in [0, 0.1) is 0 Å². The third kappa shape index (κ3) is 6.56. The Kier molecular flexibility index (Phi) is 9.11. The van der Waals surface area contributed by atoms with E-state index in [4.69, 9.17) is 9.15 Å². The Morgan fingerprint density at radius 1 is 1.17 bits per heavy atom. The summed E-state index contributed by atoms with van der Waals surface area (Å²) in [6.45, 7) is 8.00. The highest BCUT2D eigenvalue weighted by Gasteiger charge is 2.09. The Morgan fingerprint density at radius 2 is 1.97 bits per heavy atom. The summed E-state index contributed by atoms with van der Waals surface area (Å²) in [5.74, 6) is 2.63. The van der Waals surface area contributed by atoms with Crippen LogP contribution in [0.3, 0.4) is 0 Å². The lowest BCUT2D eigenvalue weighted by Crippen LogP contribution is -2.39. The number of nitrogens with one attached hydrogen (secondary N) is 3. The van der Waals surface area contributed by atoms with Crippen molar-refractivity contribution in [1.29, 1.82) is 0 Å². The van der Waals surface area contributed by atoms with Crippen molar-refractivity contribution in [3.05, 3.63) is 66.3 Å². The van der Waals surface area contributed by atoms with Crippen molar-refractivity contribution in [3.63, 3.8) is 0 Å². The van der Waals surface area contributed by atoms with Crippen LogP contribution >= 0.6 is 24.0 Å². The highest BCUT2D eigenvalue weighted by Crippen LogP contribution is 2.28. The number of aliphatic imine (C=N–C) groups is 1. The van der Waals surface area contributed by atoms with E-state index in [1.165, 1.54) is 5.56 Å². The maximum absolute atomic E-state index is 5.51. The molecule has 0 aliphatic carbocycles. The van der Waals surface area contributed by atoms with Crippen LogP contribution in [0.2, 0.25) is 0 Å². The van der Waals surface area contributed by atoms with Gasteiger partial charge in [0, 0.05) is 36.6 Å². The molecule has 2 heterocycles. The van der Waals surface area contributed by atoms with Crippen molar-refractivity contribution in [2.75, 3.05) is 26.7 Å². The smallest absolute Gasteiger partial charge is 0.191 e. The summed E-state index contributed by atoms with van der Waals surface area (Å²) in [6.07, 6.45) is 5.40. The molecule has 0 spiro atoms. The molecular weight excluding hydrogens is 479 g/mol. The average molecular weight is 508 g/mol. The maximum Gasteiger partial charge on any atom is 0.191 e. The molecule has 3 aromatic rings. The first kappa shape index (κ1) is 22.9. The quantitative estimate of drug-likeness (QED) is 0.175. The normalized spacial score (nSPS) is 11.2. The number of hydrogen-bond donors (Lipinski definition) is 3. The lowest BCUT2D eigenvalue weighted by molar-refractivity contribution is 0.419. The minimum atomic E-state index is 0. The van der Waals surface area contributed by atoms with Crippen molar-refractivity contribution < 1.29 is 9.15 Å². The minimum absolute atomic E-state index is 0. The fraction of sp³-hybridized carbons (Fsp3) is 0.318. The van der Waals surface area contributed by atoms with E-state index < -0.39 is 0 Å². The summed E-state index contributed by atoms with van der Waals surface area (Å²) in [4.78, 5) is 7.90. The van der Waals surface area contributed by atoms with E-state index in [0.717, 1.165) is 59.9 Å². The highest BCUT2D eigenvalue weighted by molar-refractivity contribution is 14.0. The van der Waals surface area contributed by atoms with Gasteiger partial charge in [-0.3, -0.25) is 0 Å². The highest BCUT2D eigenvalue weighted by atomic mass is 127. The van der Waals surface area contributed by atoms with Crippen LogP contribution in [0.4, 0.5) is 0 Å². The molecule has 0 amide bonds. The summed E-state index contributed by atoms with van der Waals surface area (Å²) >= 11 is 0. The van der Waals surface area contributed by atoms with Gasteiger partial charge in [0.15, 0.2) is 5.96 Å². The predicted octanol–water partition coefficient (Wildman–Crippen LogP) is 4.28. The first-order chi connectivity index (χ1) is 13.7. The summed E-state index contributed by atoms with van der Waals surface area (Å²) in [5.41, 5.74) is 3.32. The molecule has 0 radical (unpaired) electrons. The molecule has 0 fully saturated rings. The molecule has 1 aromatic carbocycles. The Hall–Kier alpha value is -2.42. The van der Waals surface area contributed by atoms with Gasteiger partial charge in [0.05, 0.1) is 19.9 Å². The Labute approximate surface area is 188 Å². The van der Waals surface area contributed by atoms with Crippen LogP contribution in [0.5, 0.6) is 5.75 Å². The summed E-state index contributed by atoms with van der Waals surface area (Å²) in [7, 11) is 1.70. The Balaban J connectivity index is 0.00000300. The van der Waals surface area contributed by atoms with E-state index in [1.54, 1.807) is 13.4 Å². The number of rotatable bonds is 9. The van der Waals surface area contributed by atoms with Gasteiger partial charge in [0.2, 0.25) is 0 Å². The molecule has 29 heavy (non-hydrogen) atoms. The summed E-state index contributed by atoms with van der Waals surface area (Å²) in [6, 6.07) is 9.92. The number of benzene rings is 1. The predicted molar refractivity (Wildman–Crippen MR) is 130 cm³/mol. The van der Waals surface area contributed by atoms with Crippen LogP contribution in [0.15, 0.2) is 64.4 Å². The van der Waals surface area contributed by atoms with Crippen LogP contribution < -0.4 is 15.4 Å². The third-order valence-electron chi connectivity index (χ3n) is 4.41. The number of aromatic amines is 1. The first-order valence-corrected chi connectivity index (χ1v) is 9.49. The first-order valence-electron chi connectivity index (χ1n) is 9.49. The van der Waals surface area contributed by atoms with Gasteiger partial charge in [-0.15, -0.1) is 24.0 Å². The number of halogens is 1.